The molecule has 7 nitrogen and oxygen atoms in total. The van der Waals surface area contributed by atoms with Gasteiger partial charge in [0.15, 0.2) is 0 Å². The zero-order valence-electron chi connectivity index (χ0n) is 16.3. The Morgan fingerprint density at radius 1 is 1.00 bits per heavy atom. The van der Waals surface area contributed by atoms with Crippen LogP contribution in [0, 0.1) is 5.82 Å². The van der Waals surface area contributed by atoms with Crippen LogP contribution in [0.25, 0.3) is 0 Å². The third-order valence-electron chi connectivity index (χ3n) is 4.29. The highest BCUT2D eigenvalue weighted by molar-refractivity contribution is 7.85. The number of aliphatic carboxylic acids is 1. The number of benzene rings is 2. The number of hydrogen-bond donors (Lipinski definition) is 3. The monoisotopic (exact) mass is 434 g/mol. The van der Waals surface area contributed by atoms with Crippen LogP contribution in [0.1, 0.15) is 18.9 Å². The zero-order valence-corrected chi connectivity index (χ0v) is 17.2. The van der Waals surface area contributed by atoms with Gasteiger partial charge in [0.25, 0.3) is 0 Å². The predicted molar refractivity (Wildman–Crippen MR) is 110 cm³/mol. The van der Waals surface area contributed by atoms with Gasteiger partial charge in [0, 0.05) is 24.0 Å². The second-order valence-electron chi connectivity index (χ2n) is 6.60. The summed E-state index contributed by atoms with van der Waals surface area (Å²) in [5.41, 5.74) is 0.212. The molecular formula is C21H23FN2O5S. The van der Waals surface area contributed by atoms with Gasteiger partial charge in [0.2, 0.25) is 11.8 Å². The highest BCUT2D eigenvalue weighted by Gasteiger charge is 2.27. The van der Waals surface area contributed by atoms with Gasteiger partial charge in [-0.05, 0) is 30.2 Å². The van der Waals surface area contributed by atoms with Crippen molar-refractivity contribution in [2.75, 3.05) is 5.75 Å². The molecule has 0 radical (unpaired) electrons. The van der Waals surface area contributed by atoms with Crippen molar-refractivity contribution < 1.29 is 28.1 Å². The number of carboxylic acid groups (broad SMARTS) is 1. The number of carboxylic acids is 1. The summed E-state index contributed by atoms with van der Waals surface area (Å²) in [5.74, 6) is -3.07. The van der Waals surface area contributed by atoms with Gasteiger partial charge in [0.05, 0.1) is 10.8 Å². The topological polar surface area (TPSA) is 113 Å². The molecule has 2 rings (SSSR count). The van der Waals surface area contributed by atoms with E-state index >= 15 is 0 Å². The minimum Gasteiger partial charge on any atom is -0.480 e. The third kappa shape index (κ3) is 7.07. The van der Waals surface area contributed by atoms with E-state index in [1.807, 2.05) is 0 Å². The van der Waals surface area contributed by atoms with E-state index in [1.54, 1.807) is 36.4 Å². The molecule has 0 aromatic heterocycles. The quantitative estimate of drug-likeness (QED) is 0.526. The van der Waals surface area contributed by atoms with E-state index in [4.69, 9.17) is 0 Å². The Labute approximate surface area is 176 Å². The fourth-order valence-corrected chi connectivity index (χ4v) is 3.93. The zero-order chi connectivity index (χ0) is 22.1. The van der Waals surface area contributed by atoms with Crippen LogP contribution in [0.3, 0.4) is 0 Å². The molecule has 160 valence electrons. The van der Waals surface area contributed by atoms with Crippen LogP contribution < -0.4 is 10.6 Å². The van der Waals surface area contributed by atoms with E-state index in [1.165, 1.54) is 25.1 Å². The maximum Gasteiger partial charge on any atom is 0.326 e. The first-order chi connectivity index (χ1) is 14.3. The normalized spacial score (nSPS) is 13.7. The molecular weight excluding hydrogens is 411 g/mol. The lowest BCUT2D eigenvalue weighted by Gasteiger charge is -2.21. The van der Waals surface area contributed by atoms with E-state index in [2.05, 4.69) is 10.6 Å². The van der Waals surface area contributed by atoms with Gasteiger partial charge in [-0.3, -0.25) is 13.8 Å². The summed E-state index contributed by atoms with van der Waals surface area (Å²) in [6.45, 7) is 1.21. The highest BCUT2D eigenvalue weighted by Crippen LogP contribution is 2.11. The van der Waals surface area contributed by atoms with Crippen LogP contribution in [0.2, 0.25) is 0 Å². The van der Waals surface area contributed by atoms with Crippen molar-refractivity contribution >= 4 is 28.6 Å². The Morgan fingerprint density at radius 2 is 1.63 bits per heavy atom. The maximum atomic E-state index is 13.9. The van der Waals surface area contributed by atoms with Crippen molar-refractivity contribution in [3.05, 3.63) is 66.0 Å². The van der Waals surface area contributed by atoms with Crippen LogP contribution in [-0.2, 0) is 31.6 Å². The lowest BCUT2D eigenvalue weighted by Crippen LogP contribution is -2.52. The van der Waals surface area contributed by atoms with Crippen LogP contribution >= 0.6 is 0 Å². The molecule has 0 saturated heterocycles. The SMILES string of the molecule is CC(=O)N[C@@H](Cc1ccccc1F)C(=O)N[C@H](CC[S@@](=O)c1ccccc1)C(=O)O. The Kier molecular flexibility index (Phi) is 8.67. The fraction of sp³-hybridized carbons (Fsp3) is 0.286. The van der Waals surface area contributed by atoms with Gasteiger partial charge in [0.1, 0.15) is 17.9 Å². The first kappa shape index (κ1) is 23.2. The number of halogens is 1. The van der Waals surface area contributed by atoms with E-state index in [0.717, 1.165) is 0 Å². The summed E-state index contributed by atoms with van der Waals surface area (Å²) in [5, 5.41) is 14.2. The van der Waals surface area contributed by atoms with Crippen LogP contribution in [0.15, 0.2) is 59.5 Å². The van der Waals surface area contributed by atoms with E-state index in [0.29, 0.717) is 4.90 Å². The summed E-state index contributed by atoms with van der Waals surface area (Å²) < 4.78 is 26.3. The molecule has 0 heterocycles. The third-order valence-corrected chi connectivity index (χ3v) is 5.69. The molecule has 2 aromatic carbocycles. The van der Waals surface area contributed by atoms with Crippen LogP contribution in [-0.4, -0.2) is 44.9 Å². The predicted octanol–water partition coefficient (Wildman–Crippen LogP) is 1.64. The molecule has 0 aliphatic carbocycles. The lowest BCUT2D eigenvalue weighted by molar-refractivity contribution is -0.142. The van der Waals surface area contributed by atoms with E-state index in [-0.39, 0.29) is 24.2 Å². The van der Waals surface area contributed by atoms with Gasteiger partial charge in [-0.25, -0.2) is 9.18 Å². The summed E-state index contributed by atoms with van der Waals surface area (Å²) in [7, 11) is -1.42. The summed E-state index contributed by atoms with van der Waals surface area (Å²) in [6, 6.07) is 11.9. The molecule has 0 bridgehead atoms. The summed E-state index contributed by atoms with van der Waals surface area (Å²) in [4.78, 5) is 36.3. The Balaban J connectivity index is 2.06. The van der Waals surface area contributed by atoms with Gasteiger partial charge in [-0.15, -0.1) is 0 Å². The summed E-state index contributed by atoms with van der Waals surface area (Å²) >= 11 is 0. The largest absolute Gasteiger partial charge is 0.480 e. The average molecular weight is 434 g/mol. The van der Waals surface area contributed by atoms with E-state index in [9.17, 15) is 28.1 Å². The van der Waals surface area contributed by atoms with Gasteiger partial charge in [-0.2, -0.15) is 0 Å². The van der Waals surface area contributed by atoms with Crippen molar-refractivity contribution in [2.24, 2.45) is 0 Å². The molecule has 9 heteroatoms. The molecule has 3 N–H and O–H groups in total. The Morgan fingerprint density at radius 3 is 2.23 bits per heavy atom. The Hall–Kier alpha value is -3.07. The van der Waals surface area contributed by atoms with E-state index < -0.39 is 46.5 Å². The maximum absolute atomic E-state index is 13.9. The van der Waals surface area contributed by atoms with Crippen molar-refractivity contribution in [3.8, 4) is 0 Å². The Bertz CT molecular complexity index is 923. The molecule has 0 aliphatic heterocycles. The highest BCUT2D eigenvalue weighted by atomic mass is 32.2. The minimum absolute atomic E-state index is 0.0272. The van der Waals surface area contributed by atoms with Gasteiger partial charge >= 0.3 is 5.97 Å². The van der Waals surface area contributed by atoms with Crippen molar-refractivity contribution in [1.82, 2.24) is 10.6 Å². The molecule has 0 aliphatic rings. The van der Waals surface area contributed by atoms with Crippen molar-refractivity contribution in [1.29, 1.82) is 0 Å². The lowest BCUT2D eigenvalue weighted by atomic mass is 10.0. The second kappa shape index (κ2) is 11.2. The number of amides is 2. The number of carbonyl (C=O) groups excluding carboxylic acids is 2. The van der Waals surface area contributed by atoms with Crippen LogP contribution in [0.4, 0.5) is 4.39 Å². The standard InChI is InChI=1S/C21H23FN2O5S/c1-14(25)23-19(13-15-7-5-6-10-17(15)22)20(26)24-18(21(27)28)11-12-30(29)16-8-3-2-4-9-16/h2-10,18-19H,11-13H2,1H3,(H,23,25)(H,24,26)(H,27,28)/t18-,19+,30-/m1/s1. The molecule has 2 amide bonds. The molecule has 30 heavy (non-hydrogen) atoms. The van der Waals surface area contributed by atoms with Crippen LogP contribution in [0.5, 0.6) is 0 Å². The fourth-order valence-electron chi connectivity index (χ4n) is 2.78. The van der Waals surface area contributed by atoms with Gasteiger partial charge < -0.3 is 15.7 Å². The molecule has 0 fully saturated rings. The first-order valence-corrected chi connectivity index (χ1v) is 10.6. The first-order valence-electron chi connectivity index (χ1n) is 9.25. The second-order valence-corrected chi connectivity index (χ2v) is 8.17. The smallest absolute Gasteiger partial charge is 0.326 e. The summed E-state index contributed by atoms with van der Waals surface area (Å²) in [6.07, 6.45) is -0.213. The average Bonchev–Trinajstić information content (AvgIpc) is 2.71. The minimum atomic E-state index is -1.42. The van der Waals surface area contributed by atoms with Crippen molar-refractivity contribution in [3.63, 3.8) is 0 Å². The number of hydrogen-bond acceptors (Lipinski definition) is 4. The molecule has 0 unspecified atom stereocenters. The number of carbonyl (C=O) groups is 3. The van der Waals surface area contributed by atoms with Crippen molar-refractivity contribution in [2.45, 2.75) is 36.7 Å². The molecule has 0 saturated carbocycles. The number of rotatable bonds is 10. The van der Waals surface area contributed by atoms with Gasteiger partial charge in [-0.1, -0.05) is 36.4 Å². The number of nitrogens with one attached hydrogen (secondary N) is 2. The molecule has 3 atom stereocenters. The molecule has 2 aromatic rings. The molecule has 0 spiro atoms.